The Balaban J connectivity index is 1.81. The molecular weight excluding hydrogens is 280 g/mol. The van der Waals surface area contributed by atoms with Gasteiger partial charge in [0, 0.05) is 25.6 Å². The summed E-state index contributed by atoms with van der Waals surface area (Å²) in [6.07, 6.45) is 0.340. The Morgan fingerprint density at radius 1 is 1.45 bits per heavy atom. The van der Waals surface area contributed by atoms with Crippen LogP contribution >= 0.6 is 0 Å². The van der Waals surface area contributed by atoms with E-state index in [0.717, 1.165) is 11.5 Å². The Morgan fingerprint density at radius 2 is 2.23 bits per heavy atom. The number of anilines is 1. The molecule has 0 aliphatic carbocycles. The first-order chi connectivity index (χ1) is 10.6. The van der Waals surface area contributed by atoms with Crippen molar-refractivity contribution in [2.45, 2.75) is 19.9 Å². The van der Waals surface area contributed by atoms with Gasteiger partial charge in [-0.25, -0.2) is 0 Å². The summed E-state index contributed by atoms with van der Waals surface area (Å²) in [4.78, 5) is 14.0. The highest BCUT2D eigenvalue weighted by molar-refractivity contribution is 5.92. The number of aryl methyl sites for hydroxylation is 1. The van der Waals surface area contributed by atoms with Crippen LogP contribution in [-0.4, -0.2) is 29.6 Å². The van der Waals surface area contributed by atoms with E-state index >= 15 is 0 Å². The van der Waals surface area contributed by atoms with E-state index in [1.54, 1.807) is 24.3 Å². The third-order valence-electron chi connectivity index (χ3n) is 3.15. The van der Waals surface area contributed by atoms with Crippen LogP contribution in [0.15, 0.2) is 34.9 Å². The number of rotatable bonds is 6. The summed E-state index contributed by atoms with van der Waals surface area (Å²) in [5, 5.41) is 15.7. The van der Waals surface area contributed by atoms with Crippen LogP contribution in [0.1, 0.15) is 23.4 Å². The molecule has 1 aromatic heterocycles. The number of carbonyl (C=O) groups excluding carboxylic acids is 1. The summed E-state index contributed by atoms with van der Waals surface area (Å²) in [6.45, 7) is 3.06. The molecule has 6 nitrogen and oxygen atoms in total. The van der Waals surface area contributed by atoms with Crippen LogP contribution in [-0.2, 0) is 11.3 Å². The number of hydrogen-bond donors (Lipinski definition) is 1. The van der Waals surface area contributed by atoms with E-state index in [1.807, 2.05) is 24.9 Å². The van der Waals surface area contributed by atoms with E-state index in [0.29, 0.717) is 30.8 Å². The predicted octanol–water partition coefficient (Wildman–Crippen LogP) is 2.32. The fourth-order valence-corrected chi connectivity index (χ4v) is 2.04. The van der Waals surface area contributed by atoms with E-state index in [2.05, 4.69) is 16.5 Å². The zero-order valence-corrected chi connectivity index (χ0v) is 12.7. The molecule has 1 amide bonds. The second kappa shape index (κ2) is 7.38. The summed E-state index contributed by atoms with van der Waals surface area (Å²) in [5.41, 5.74) is 1.85. The van der Waals surface area contributed by atoms with Gasteiger partial charge < -0.3 is 9.84 Å². The largest absolute Gasteiger partial charge is 0.361 e. The summed E-state index contributed by atoms with van der Waals surface area (Å²) in [7, 11) is 1.92. The molecule has 0 bridgehead atoms. The quantitative estimate of drug-likeness (QED) is 0.885. The second-order valence-corrected chi connectivity index (χ2v) is 5.12. The molecule has 22 heavy (non-hydrogen) atoms. The van der Waals surface area contributed by atoms with Gasteiger partial charge >= 0.3 is 0 Å². The van der Waals surface area contributed by atoms with Crippen LogP contribution in [0.25, 0.3) is 0 Å². The van der Waals surface area contributed by atoms with Gasteiger partial charge in [-0.2, -0.15) is 5.26 Å². The fourth-order valence-electron chi connectivity index (χ4n) is 2.04. The lowest BCUT2D eigenvalue weighted by atomic mass is 10.2. The first-order valence-electron chi connectivity index (χ1n) is 6.98. The van der Waals surface area contributed by atoms with E-state index in [4.69, 9.17) is 9.78 Å². The number of nitrogens with one attached hydrogen (secondary N) is 1. The smallest absolute Gasteiger partial charge is 0.225 e. The third-order valence-corrected chi connectivity index (χ3v) is 3.15. The van der Waals surface area contributed by atoms with Crippen molar-refractivity contribution in [2.24, 2.45) is 0 Å². The van der Waals surface area contributed by atoms with Crippen molar-refractivity contribution >= 4 is 11.6 Å². The average Bonchev–Trinajstić information content (AvgIpc) is 2.91. The van der Waals surface area contributed by atoms with Gasteiger partial charge in [-0.3, -0.25) is 9.69 Å². The van der Waals surface area contributed by atoms with Crippen molar-refractivity contribution in [3.8, 4) is 6.07 Å². The van der Waals surface area contributed by atoms with Crippen LogP contribution in [0.2, 0.25) is 0 Å². The maximum absolute atomic E-state index is 12.0. The number of para-hydroxylation sites is 1. The summed E-state index contributed by atoms with van der Waals surface area (Å²) in [6, 6.07) is 10.9. The van der Waals surface area contributed by atoms with E-state index < -0.39 is 0 Å². The van der Waals surface area contributed by atoms with Crippen molar-refractivity contribution in [3.05, 3.63) is 47.3 Å². The minimum atomic E-state index is -0.120. The lowest BCUT2D eigenvalue weighted by Gasteiger charge is -2.14. The molecule has 0 fully saturated rings. The van der Waals surface area contributed by atoms with Crippen molar-refractivity contribution in [3.63, 3.8) is 0 Å². The fraction of sp³-hybridized carbons (Fsp3) is 0.312. The summed E-state index contributed by atoms with van der Waals surface area (Å²) in [5.74, 6) is 0.653. The number of carbonyl (C=O) groups is 1. The zero-order chi connectivity index (χ0) is 15.9. The first-order valence-corrected chi connectivity index (χ1v) is 6.98. The molecule has 6 heteroatoms. The molecule has 114 valence electrons. The summed E-state index contributed by atoms with van der Waals surface area (Å²) >= 11 is 0. The molecule has 1 N–H and O–H groups in total. The topological polar surface area (TPSA) is 82.2 Å². The van der Waals surface area contributed by atoms with Crippen molar-refractivity contribution < 1.29 is 9.32 Å². The molecule has 1 aromatic carbocycles. The van der Waals surface area contributed by atoms with Gasteiger partial charge in [-0.05, 0) is 26.1 Å². The minimum Gasteiger partial charge on any atom is -0.361 e. The molecule has 0 spiro atoms. The molecule has 0 atom stereocenters. The predicted molar refractivity (Wildman–Crippen MR) is 82.0 cm³/mol. The minimum absolute atomic E-state index is 0.120. The Bertz CT molecular complexity index is 687. The van der Waals surface area contributed by atoms with Gasteiger partial charge in [0.25, 0.3) is 0 Å². The van der Waals surface area contributed by atoms with E-state index in [-0.39, 0.29) is 5.91 Å². The Hall–Kier alpha value is -2.65. The molecule has 0 saturated carbocycles. The number of benzene rings is 1. The zero-order valence-electron chi connectivity index (χ0n) is 12.7. The van der Waals surface area contributed by atoms with Crippen LogP contribution in [0.4, 0.5) is 5.69 Å². The number of nitriles is 1. The molecule has 0 aliphatic rings. The van der Waals surface area contributed by atoms with Crippen LogP contribution in [0.5, 0.6) is 0 Å². The van der Waals surface area contributed by atoms with Crippen molar-refractivity contribution in [1.82, 2.24) is 10.1 Å². The highest BCUT2D eigenvalue weighted by atomic mass is 16.5. The number of nitrogens with zero attached hydrogens (tertiary/aromatic N) is 3. The average molecular weight is 298 g/mol. The van der Waals surface area contributed by atoms with Gasteiger partial charge in [-0.15, -0.1) is 0 Å². The van der Waals surface area contributed by atoms with Gasteiger partial charge in [0.2, 0.25) is 5.91 Å². The van der Waals surface area contributed by atoms with Gasteiger partial charge in [-0.1, -0.05) is 17.3 Å². The maximum atomic E-state index is 12.0. The van der Waals surface area contributed by atoms with Gasteiger partial charge in [0.1, 0.15) is 11.8 Å². The van der Waals surface area contributed by atoms with Crippen molar-refractivity contribution in [2.75, 3.05) is 18.9 Å². The number of aromatic nitrogens is 1. The Morgan fingerprint density at radius 3 is 2.91 bits per heavy atom. The number of hydrogen-bond acceptors (Lipinski definition) is 5. The lowest BCUT2D eigenvalue weighted by molar-refractivity contribution is -0.116. The highest BCUT2D eigenvalue weighted by Gasteiger charge is 2.09. The van der Waals surface area contributed by atoms with Crippen molar-refractivity contribution in [1.29, 1.82) is 5.26 Å². The number of amides is 1. The summed E-state index contributed by atoms with van der Waals surface area (Å²) < 4.78 is 5.01. The molecule has 0 saturated heterocycles. The van der Waals surface area contributed by atoms with Gasteiger partial charge in [0.15, 0.2) is 0 Å². The standard InChI is InChI=1S/C16H18N4O2/c1-12-9-14(19-22-12)11-20(2)8-7-16(21)18-15-6-4-3-5-13(15)10-17/h3-6,9H,7-8,11H2,1-2H3,(H,18,21). The molecule has 0 radical (unpaired) electrons. The van der Waals surface area contributed by atoms with E-state index in [9.17, 15) is 4.79 Å². The SMILES string of the molecule is Cc1cc(CN(C)CCC(=O)Nc2ccccc2C#N)no1. The molecular formula is C16H18N4O2. The normalized spacial score (nSPS) is 10.5. The molecule has 2 rings (SSSR count). The Labute approximate surface area is 129 Å². The highest BCUT2D eigenvalue weighted by Crippen LogP contribution is 2.13. The first kappa shape index (κ1) is 15.7. The third kappa shape index (κ3) is 4.43. The molecule has 1 heterocycles. The van der Waals surface area contributed by atoms with Crippen LogP contribution in [0.3, 0.4) is 0 Å². The van der Waals surface area contributed by atoms with Crippen LogP contribution < -0.4 is 5.32 Å². The lowest BCUT2D eigenvalue weighted by Crippen LogP contribution is -2.24. The monoisotopic (exact) mass is 298 g/mol. The maximum Gasteiger partial charge on any atom is 0.225 e. The second-order valence-electron chi connectivity index (χ2n) is 5.12. The molecule has 0 unspecified atom stereocenters. The van der Waals surface area contributed by atoms with Gasteiger partial charge in [0.05, 0.1) is 16.9 Å². The molecule has 2 aromatic rings. The molecule has 0 aliphatic heterocycles. The van der Waals surface area contributed by atoms with E-state index in [1.165, 1.54) is 0 Å². The van der Waals surface area contributed by atoms with Crippen LogP contribution in [0, 0.1) is 18.3 Å². The Kier molecular flexibility index (Phi) is 5.28.